The molecule has 1 fully saturated rings. The van der Waals surface area contributed by atoms with Gasteiger partial charge in [0.05, 0.1) is 0 Å². The van der Waals surface area contributed by atoms with Crippen LogP contribution < -0.4 is 10.5 Å². The first-order valence-corrected chi connectivity index (χ1v) is 6.93. The third-order valence-corrected chi connectivity index (χ3v) is 3.70. The van der Waals surface area contributed by atoms with Gasteiger partial charge < -0.3 is 10.5 Å². The van der Waals surface area contributed by atoms with Gasteiger partial charge in [0.2, 0.25) is 5.91 Å². The van der Waals surface area contributed by atoms with E-state index in [0.29, 0.717) is 11.6 Å². The minimum absolute atomic E-state index is 0.0464. The molecule has 2 rings (SSSR count). The van der Waals surface area contributed by atoms with Gasteiger partial charge in [-0.1, -0.05) is 17.7 Å². The second-order valence-electron chi connectivity index (χ2n) is 4.82. The number of ether oxygens (including phenoxy) is 1. The Bertz CT molecular complexity index is 431. The molecule has 4 nitrogen and oxygen atoms in total. The van der Waals surface area contributed by atoms with E-state index in [2.05, 4.69) is 4.90 Å². The molecule has 0 spiro atoms. The van der Waals surface area contributed by atoms with Gasteiger partial charge in [-0.25, -0.2) is 0 Å². The minimum atomic E-state index is -0.171. The van der Waals surface area contributed by atoms with Crippen LogP contribution in [-0.4, -0.2) is 37.0 Å². The van der Waals surface area contributed by atoms with Gasteiger partial charge >= 0.3 is 0 Å². The van der Waals surface area contributed by atoms with Gasteiger partial charge in [0.15, 0.2) is 0 Å². The molecule has 0 unspecified atom stereocenters. The summed E-state index contributed by atoms with van der Waals surface area (Å²) >= 11 is 5.88. The molecule has 0 radical (unpaired) electrons. The summed E-state index contributed by atoms with van der Waals surface area (Å²) in [6, 6.07) is 7.39. The van der Waals surface area contributed by atoms with Crippen LogP contribution >= 0.6 is 11.6 Å². The van der Waals surface area contributed by atoms with Crippen molar-refractivity contribution in [2.45, 2.75) is 12.8 Å². The van der Waals surface area contributed by atoms with Crippen molar-refractivity contribution in [2.24, 2.45) is 11.7 Å². The molecule has 1 aliphatic heterocycles. The Morgan fingerprint density at radius 1 is 1.42 bits per heavy atom. The van der Waals surface area contributed by atoms with Crippen LogP contribution in [0.4, 0.5) is 0 Å². The normalized spacial score (nSPS) is 17.3. The smallest absolute Gasteiger partial charge is 0.220 e. The highest BCUT2D eigenvalue weighted by Crippen LogP contribution is 2.18. The number of likely N-dealkylation sites (tertiary alicyclic amines) is 1. The molecule has 1 aromatic rings. The molecule has 0 saturated carbocycles. The average Bonchev–Trinajstić information content (AvgIpc) is 2.39. The first kappa shape index (κ1) is 14.2. The number of carbonyl (C=O) groups is 1. The summed E-state index contributed by atoms with van der Waals surface area (Å²) in [4.78, 5) is 13.4. The highest BCUT2D eigenvalue weighted by molar-refractivity contribution is 6.30. The molecule has 19 heavy (non-hydrogen) atoms. The van der Waals surface area contributed by atoms with Crippen LogP contribution in [0.1, 0.15) is 12.8 Å². The maximum atomic E-state index is 11.1. The number of primary amides is 1. The molecule has 1 aromatic carbocycles. The highest BCUT2D eigenvalue weighted by Gasteiger charge is 2.22. The van der Waals surface area contributed by atoms with Crippen LogP contribution in [0.2, 0.25) is 5.02 Å². The monoisotopic (exact) mass is 282 g/mol. The molecule has 1 heterocycles. The van der Waals surface area contributed by atoms with Gasteiger partial charge in [-0.3, -0.25) is 9.69 Å². The van der Waals surface area contributed by atoms with E-state index in [0.717, 1.165) is 38.2 Å². The number of hydrogen-bond donors (Lipinski definition) is 1. The standard InChI is InChI=1S/C14H19ClN2O2/c15-12-2-1-3-13(10-12)19-9-8-17-6-4-11(5-7-17)14(16)18/h1-3,10-11H,4-9H2,(H2,16,18). The molecule has 0 bridgehead atoms. The zero-order valence-electron chi connectivity index (χ0n) is 10.8. The maximum Gasteiger partial charge on any atom is 0.220 e. The quantitative estimate of drug-likeness (QED) is 0.898. The number of carbonyl (C=O) groups excluding carboxylic acids is 1. The van der Waals surface area contributed by atoms with E-state index in [4.69, 9.17) is 22.1 Å². The Kier molecular flexibility index (Phi) is 5.05. The molecular weight excluding hydrogens is 264 g/mol. The van der Waals surface area contributed by atoms with Gasteiger partial charge in [0.25, 0.3) is 0 Å². The van der Waals surface area contributed by atoms with Gasteiger partial charge in [-0.2, -0.15) is 0 Å². The van der Waals surface area contributed by atoms with Crippen LogP contribution in [0, 0.1) is 5.92 Å². The van der Waals surface area contributed by atoms with Crippen LogP contribution in [0.5, 0.6) is 5.75 Å². The maximum absolute atomic E-state index is 11.1. The lowest BCUT2D eigenvalue weighted by molar-refractivity contribution is -0.123. The molecule has 2 N–H and O–H groups in total. The van der Waals surface area contributed by atoms with E-state index in [1.54, 1.807) is 6.07 Å². The van der Waals surface area contributed by atoms with Crippen molar-refractivity contribution in [1.29, 1.82) is 0 Å². The Balaban J connectivity index is 1.68. The summed E-state index contributed by atoms with van der Waals surface area (Å²) in [5.41, 5.74) is 5.31. The van der Waals surface area contributed by atoms with Gasteiger partial charge in [0, 0.05) is 17.5 Å². The number of nitrogens with zero attached hydrogens (tertiary/aromatic N) is 1. The molecular formula is C14H19ClN2O2. The molecule has 104 valence electrons. The Labute approximate surface area is 118 Å². The summed E-state index contributed by atoms with van der Waals surface area (Å²) in [5.74, 6) is 0.666. The Morgan fingerprint density at radius 3 is 2.79 bits per heavy atom. The number of hydrogen-bond acceptors (Lipinski definition) is 3. The number of rotatable bonds is 5. The number of halogens is 1. The molecule has 5 heteroatoms. The molecule has 1 saturated heterocycles. The van der Waals surface area contributed by atoms with Crippen molar-refractivity contribution in [1.82, 2.24) is 4.90 Å². The number of amides is 1. The lowest BCUT2D eigenvalue weighted by Gasteiger charge is -2.30. The van der Waals surface area contributed by atoms with Crippen molar-refractivity contribution in [2.75, 3.05) is 26.2 Å². The van der Waals surface area contributed by atoms with Crippen molar-refractivity contribution in [3.8, 4) is 5.75 Å². The topological polar surface area (TPSA) is 55.6 Å². The summed E-state index contributed by atoms with van der Waals surface area (Å²) < 4.78 is 5.65. The molecule has 0 atom stereocenters. The van der Waals surface area contributed by atoms with Crippen molar-refractivity contribution < 1.29 is 9.53 Å². The van der Waals surface area contributed by atoms with E-state index in [1.165, 1.54) is 0 Å². The summed E-state index contributed by atoms with van der Waals surface area (Å²) in [7, 11) is 0. The predicted octanol–water partition coefficient (Wildman–Crippen LogP) is 1.92. The van der Waals surface area contributed by atoms with Crippen LogP contribution in [-0.2, 0) is 4.79 Å². The van der Waals surface area contributed by atoms with Gasteiger partial charge in [-0.15, -0.1) is 0 Å². The molecule has 0 aromatic heterocycles. The van der Waals surface area contributed by atoms with E-state index in [1.807, 2.05) is 18.2 Å². The van der Waals surface area contributed by atoms with Crippen LogP contribution in [0.15, 0.2) is 24.3 Å². The minimum Gasteiger partial charge on any atom is -0.492 e. The van der Waals surface area contributed by atoms with Crippen molar-refractivity contribution in [3.05, 3.63) is 29.3 Å². The summed E-state index contributed by atoms with van der Waals surface area (Å²) in [6.45, 7) is 3.30. The van der Waals surface area contributed by atoms with Crippen molar-refractivity contribution in [3.63, 3.8) is 0 Å². The lowest BCUT2D eigenvalue weighted by Crippen LogP contribution is -2.40. The molecule has 1 aliphatic rings. The van der Waals surface area contributed by atoms with E-state index >= 15 is 0 Å². The third-order valence-electron chi connectivity index (χ3n) is 3.46. The fourth-order valence-corrected chi connectivity index (χ4v) is 2.47. The van der Waals surface area contributed by atoms with Gasteiger partial charge in [0.1, 0.15) is 12.4 Å². The Hall–Kier alpha value is -1.26. The molecule has 1 amide bonds. The van der Waals surface area contributed by atoms with E-state index in [-0.39, 0.29) is 11.8 Å². The predicted molar refractivity (Wildman–Crippen MR) is 75.3 cm³/mol. The van der Waals surface area contributed by atoms with E-state index in [9.17, 15) is 4.79 Å². The summed E-state index contributed by atoms with van der Waals surface area (Å²) in [6.07, 6.45) is 1.71. The fourth-order valence-electron chi connectivity index (χ4n) is 2.29. The largest absolute Gasteiger partial charge is 0.492 e. The SMILES string of the molecule is NC(=O)C1CCN(CCOc2cccc(Cl)c2)CC1. The Morgan fingerprint density at radius 2 is 2.16 bits per heavy atom. The van der Waals surface area contributed by atoms with Gasteiger partial charge in [-0.05, 0) is 44.1 Å². The van der Waals surface area contributed by atoms with E-state index < -0.39 is 0 Å². The fraction of sp³-hybridized carbons (Fsp3) is 0.500. The van der Waals surface area contributed by atoms with Crippen LogP contribution in [0.3, 0.4) is 0 Å². The van der Waals surface area contributed by atoms with Crippen molar-refractivity contribution >= 4 is 17.5 Å². The first-order chi connectivity index (χ1) is 9.15. The number of nitrogens with two attached hydrogens (primary N) is 1. The first-order valence-electron chi connectivity index (χ1n) is 6.55. The lowest BCUT2D eigenvalue weighted by atomic mass is 9.96. The summed E-state index contributed by atoms with van der Waals surface area (Å²) in [5, 5.41) is 0.680. The second kappa shape index (κ2) is 6.78. The highest BCUT2D eigenvalue weighted by atomic mass is 35.5. The zero-order valence-corrected chi connectivity index (χ0v) is 11.6. The second-order valence-corrected chi connectivity index (χ2v) is 5.26. The van der Waals surface area contributed by atoms with Crippen LogP contribution in [0.25, 0.3) is 0 Å². The number of piperidine rings is 1. The third kappa shape index (κ3) is 4.40. The molecule has 0 aliphatic carbocycles. The number of benzene rings is 1. The zero-order chi connectivity index (χ0) is 13.7. The average molecular weight is 283 g/mol.